The average Bonchev–Trinajstić information content (AvgIpc) is 2.57. The lowest BCUT2D eigenvalue weighted by molar-refractivity contribution is -0.155. The SMILES string of the molecule is CC1CCC(=O)OC(C)(C)C1.CC1CCCOC(=O)C1(C)C. The number of rotatable bonds is 0. The lowest BCUT2D eigenvalue weighted by atomic mass is 9.78. The van der Waals surface area contributed by atoms with Crippen LogP contribution in [-0.4, -0.2) is 24.1 Å². The monoisotopic (exact) mass is 312 g/mol. The Bertz CT molecular complexity index is 398. The molecule has 0 N–H and O–H groups in total. The molecule has 0 aromatic heterocycles. The molecule has 2 unspecified atom stereocenters. The van der Waals surface area contributed by atoms with Gasteiger partial charge in [0.05, 0.1) is 12.0 Å². The van der Waals surface area contributed by atoms with E-state index >= 15 is 0 Å². The first-order chi connectivity index (χ1) is 10.0. The molecule has 128 valence electrons. The number of cyclic esters (lactones) is 2. The molecular weight excluding hydrogens is 280 g/mol. The standard InChI is InChI=1S/2C9H16O2/c1-7-4-5-8(10)11-9(2,3)6-7;1-7-5-4-6-11-8(10)9(7,2)3/h2*7H,4-6H2,1-3H3. The number of hydrogen-bond donors (Lipinski definition) is 0. The van der Waals surface area contributed by atoms with Gasteiger partial charge >= 0.3 is 11.9 Å². The van der Waals surface area contributed by atoms with Crippen LogP contribution in [0, 0.1) is 17.3 Å². The Labute approximate surface area is 134 Å². The summed E-state index contributed by atoms with van der Waals surface area (Å²) in [5.41, 5.74) is -0.524. The summed E-state index contributed by atoms with van der Waals surface area (Å²) in [6.45, 7) is 12.8. The first-order valence-corrected chi connectivity index (χ1v) is 8.43. The van der Waals surface area contributed by atoms with E-state index in [4.69, 9.17) is 9.47 Å². The highest BCUT2D eigenvalue weighted by molar-refractivity contribution is 5.76. The van der Waals surface area contributed by atoms with Crippen molar-refractivity contribution in [1.29, 1.82) is 0 Å². The summed E-state index contributed by atoms with van der Waals surface area (Å²) in [5.74, 6) is 0.968. The largest absolute Gasteiger partial charge is 0.465 e. The van der Waals surface area contributed by atoms with Gasteiger partial charge in [-0.05, 0) is 65.2 Å². The Morgan fingerprint density at radius 1 is 1.05 bits per heavy atom. The summed E-state index contributed by atoms with van der Waals surface area (Å²) in [6, 6.07) is 0. The van der Waals surface area contributed by atoms with Gasteiger partial charge in [0.15, 0.2) is 0 Å². The third-order valence-corrected chi connectivity index (χ3v) is 4.84. The molecule has 0 saturated carbocycles. The van der Waals surface area contributed by atoms with Gasteiger partial charge in [0.1, 0.15) is 5.60 Å². The normalized spacial score (nSPS) is 30.8. The topological polar surface area (TPSA) is 52.6 Å². The molecular formula is C18H32O4. The van der Waals surface area contributed by atoms with Crippen LogP contribution in [0.15, 0.2) is 0 Å². The molecule has 0 aromatic rings. The van der Waals surface area contributed by atoms with E-state index in [9.17, 15) is 9.59 Å². The van der Waals surface area contributed by atoms with Crippen LogP contribution in [0.2, 0.25) is 0 Å². The van der Waals surface area contributed by atoms with E-state index in [0.717, 1.165) is 25.7 Å². The van der Waals surface area contributed by atoms with Crippen LogP contribution in [-0.2, 0) is 19.1 Å². The van der Waals surface area contributed by atoms with Crippen molar-refractivity contribution in [3.05, 3.63) is 0 Å². The van der Waals surface area contributed by atoms with Gasteiger partial charge in [-0.3, -0.25) is 9.59 Å². The van der Waals surface area contributed by atoms with Crippen LogP contribution in [0.4, 0.5) is 0 Å². The molecule has 2 aliphatic heterocycles. The number of hydrogen-bond acceptors (Lipinski definition) is 4. The Balaban J connectivity index is 0.000000220. The van der Waals surface area contributed by atoms with Gasteiger partial charge in [-0.1, -0.05) is 13.8 Å². The van der Waals surface area contributed by atoms with E-state index < -0.39 is 0 Å². The minimum atomic E-state index is -0.281. The van der Waals surface area contributed by atoms with Gasteiger partial charge < -0.3 is 9.47 Å². The van der Waals surface area contributed by atoms with Gasteiger partial charge in [-0.15, -0.1) is 0 Å². The summed E-state index contributed by atoms with van der Waals surface area (Å²) < 4.78 is 10.3. The highest BCUT2D eigenvalue weighted by Crippen LogP contribution is 2.33. The van der Waals surface area contributed by atoms with Gasteiger partial charge in [-0.25, -0.2) is 0 Å². The predicted octanol–water partition coefficient (Wildman–Crippen LogP) is 4.11. The molecule has 2 saturated heterocycles. The second-order valence-electron chi connectivity index (χ2n) is 7.98. The summed E-state index contributed by atoms with van der Waals surface area (Å²) in [5, 5.41) is 0. The quantitative estimate of drug-likeness (QED) is 0.632. The van der Waals surface area contributed by atoms with E-state index in [2.05, 4.69) is 13.8 Å². The predicted molar refractivity (Wildman–Crippen MR) is 86.3 cm³/mol. The Kier molecular flexibility index (Phi) is 6.45. The third-order valence-electron chi connectivity index (χ3n) is 4.84. The maximum atomic E-state index is 11.3. The molecule has 2 rings (SSSR count). The molecule has 0 amide bonds. The van der Waals surface area contributed by atoms with Crippen LogP contribution in [0.1, 0.15) is 73.6 Å². The first-order valence-electron chi connectivity index (χ1n) is 8.43. The van der Waals surface area contributed by atoms with Gasteiger partial charge in [0, 0.05) is 6.42 Å². The maximum Gasteiger partial charge on any atom is 0.311 e. The molecule has 4 nitrogen and oxygen atoms in total. The Hall–Kier alpha value is -1.06. The van der Waals surface area contributed by atoms with Crippen molar-refractivity contribution in [2.24, 2.45) is 17.3 Å². The molecule has 2 fully saturated rings. The minimum Gasteiger partial charge on any atom is -0.465 e. The van der Waals surface area contributed by atoms with Crippen molar-refractivity contribution in [3.63, 3.8) is 0 Å². The lowest BCUT2D eigenvalue weighted by Crippen LogP contribution is -2.30. The van der Waals surface area contributed by atoms with Crippen molar-refractivity contribution in [2.75, 3.05) is 6.61 Å². The lowest BCUT2D eigenvalue weighted by Gasteiger charge is -2.25. The molecule has 0 aliphatic carbocycles. The van der Waals surface area contributed by atoms with E-state index in [1.54, 1.807) is 0 Å². The van der Waals surface area contributed by atoms with Crippen LogP contribution in [0.3, 0.4) is 0 Å². The fourth-order valence-electron chi connectivity index (χ4n) is 3.01. The van der Waals surface area contributed by atoms with E-state index in [-0.39, 0.29) is 23.0 Å². The van der Waals surface area contributed by atoms with Crippen molar-refractivity contribution in [2.45, 2.75) is 79.2 Å². The van der Waals surface area contributed by atoms with Gasteiger partial charge in [0.2, 0.25) is 0 Å². The first kappa shape index (κ1) is 19.0. The second-order valence-corrected chi connectivity index (χ2v) is 7.98. The van der Waals surface area contributed by atoms with E-state index in [1.165, 1.54) is 0 Å². The zero-order chi connectivity index (χ0) is 17.0. The zero-order valence-electron chi connectivity index (χ0n) is 15.0. The molecule has 0 aromatic carbocycles. The fourth-order valence-corrected chi connectivity index (χ4v) is 3.01. The van der Waals surface area contributed by atoms with Crippen LogP contribution in [0.5, 0.6) is 0 Å². The molecule has 0 radical (unpaired) electrons. The van der Waals surface area contributed by atoms with Crippen molar-refractivity contribution in [3.8, 4) is 0 Å². The molecule has 2 atom stereocenters. The van der Waals surface area contributed by atoms with E-state index in [0.29, 0.717) is 24.9 Å². The van der Waals surface area contributed by atoms with Crippen molar-refractivity contribution in [1.82, 2.24) is 0 Å². The van der Waals surface area contributed by atoms with Gasteiger partial charge in [0.25, 0.3) is 0 Å². The van der Waals surface area contributed by atoms with Gasteiger partial charge in [-0.2, -0.15) is 0 Å². The highest BCUT2D eigenvalue weighted by atomic mass is 16.6. The number of ether oxygens (including phenoxy) is 2. The average molecular weight is 312 g/mol. The van der Waals surface area contributed by atoms with E-state index in [1.807, 2.05) is 27.7 Å². The van der Waals surface area contributed by atoms with Crippen LogP contribution >= 0.6 is 0 Å². The molecule has 0 spiro atoms. The van der Waals surface area contributed by atoms with Crippen LogP contribution < -0.4 is 0 Å². The molecule has 22 heavy (non-hydrogen) atoms. The minimum absolute atomic E-state index is 0.0394. The molecule has 2 heterocycles. The molecule has 0 bridgehead atoms. The summed E-state index contributed by atoms with van der Waals surface area (Å²) in [7, 11) is 0. The molecule has 2 aliphatic rings. The van der Waals surface area contributed by atoms with Crippen molar-refractivity contribution < 1.29 is 19.1 Å². The number of carbonyl (C=O) groups excluding carboxylic acids is 2. The fraction of sp³-hybridized carbons (Fsp3) is 0.889. The third kappa shape index (κ3) is 5.62. The Morgan fingerprint density at radius 2 is 1.68 bits per heavy atom. The number of carbonyl (C=O) groups is 2. The molecule has 4 heteroatoms. The summed E-state index contributed by atoms with van der Waals surface area (Å²) in [6.07, 6.45) is 4.65. The Morgan fingerprint density at radius 3 is 2.32 bits per heavy atom. The highest BCUT2D eigenvalue weighted by Gasteiger charge is 2.36. The second kappa shape index (κ2) is 7.47. The smallest absolute Gasteiger partial charge is 0.311 e. The zero-order valence-corrected chi connectivity index (χ0v) is 15.0. The summed E-state index contributed by atoms with van der Waals surface area (Å²) >= 11 is 0. The maximum absolute atomic E-state index is 11.3. The van der Waals surface area contributed by atoms with Crippen LogP contribution in [0.25, 0.3) is 0 Å². The number of esters is 2. The summed E-state index contributed by atoms with van der Waals surface area (Å²) in [4.78, 5) is 22.3. The van der Waals surface area contributed by atoms with Crippen molar-refractivity contribution >= 4 is 11.9 Å².